The number of pyridine rings is 2. The van der Waals surface area contributed by atoms with Crippen molar-refractivity contribution in [2.45, 2.75) is 19.4 Å². The summed E-state index contributed by atoms with van der Waals surface area (Å²) < 4.78 is 30.0. The van der Waals surface area contributed by atoms with Crippen LogP contribution in [0.1, 0.15) is 13.3 Å². The van der Waals surface area contributed by atoms with E-state index in [0.717, 1.165) is 43.6 Å². The zero-order valence-corrected chi connectivity index (χ0v) is 17.1. The van der Waals surface area contributed by atoms with Crippen LogP contribution >= 0.6 is 0 Å². The van der Waals surface area contributed by atoms with Crippen LogP contribution in [0, 0.1) is 11.6 Å². The molecule has 1 atom stereocenters. The Hall–Kier alpha value is -3.39. The van der Waals surface area contributed by atoms with E-state index in [1.165, 1.54) is 12.1 Å². The van der Waals surface area contributed by atoms with Crippen LogP contribution in [0.4, 0.5) is 14.6 Å². The summed E-state index contributed by atoms with van der Waals surface area (Å²) in [4.78, 5) is 16.0. The van der Waals surface area contributed by atoms with Gasteiger partial charge in [-0.1, -0.05) is 0 Å². The summed E-state index contributed by atoms with van der Waals surface area (Å²) in [7, 11) is 0. The van der Waals surface area contributed by atoms with E-state index in [0.29, 0.717) is 23.0 Å². The molecule has 0 bridgehead atoms. The first-order valence-corrected chi connectivity index (χ1v) is 10.3. The highest BCUT2D eigenvalue weighted by Crippen LogP contribution is 2.31. The molecule has 0 aliphatic carbocycles. The standard InChI is InChI=1S/C23H22F2N6/c1-15-6-9-27-12-13-30(15)21-5-4-20-23(29-21)31(17-7-10-26-11-8-17)22(28-20)18-3-2-16(24)14-19(18)25/h2-5,7-8,10-11,14-15,27H,6,9,12-13H2,1H3. The van der Waals surface area contributed by atoms with Crippen molar-refractivity contribution in [3.63, 3.8) is 0 Å². The van der Waals surface area contributed by atoms with Crippen LogP contribution in [0.2, 0.25) is 0 Å². The first kappa shape index (κ1) is 19.6. The quantitative estimate of drug-likeness (QED) is 0.544. The van der Waals surface area contributed by atoms with E-state index >= 15 is 0 Å². The van der Waals surface area contributed by atoms with Crippen LogP contribution < -0.4 is 10.2 Å². The number of nitrogens with zero attached hydrogens (tertiary/aromatic N) is 5. The van der Waals surface area contributed by atoms with Gasteiger partial charge in [-0.15, -0.1) is 0 Å². The Labute approximate surface area is 178 Å². The average Bonchev–Trinajstić information content (AvgIpc) is 3.01. The fourth-order valence-electron chi connectivity index (χ4n) is 4.05. The third kappa shape index (κ3) is 3.63. The van der Waals surface area contributed by atoms with Crippen LogP contribution in [-0.2, 0) is 0 Å². The van der Waals surface area contributed by atoms with Crippen LogP contribution in [0.15, 0.2) is 54.9 Å². The van der Waals surface area contributed by atoms with E-state index in [9.17, 15) is 8.78 Å². The molecular weight excluding hydrogens is 398 g/mol. The fourth-order valence-corrected chi connectivity index (χ4v) is 4.05. The van der Waals surface area contributed by atoms with E-state index < -0.39 is 11.6 Å². The zero-order valence-electron chi connectivity index (χ0n) is 17.1. The van der Waals surface area contributed by atoms with E-state index in [2.05, 4.69) is 27.1 Å². The van der Waals surface area contributed by atoms with Gasteiger partial charge in [0.1, 0.15) is 28.8 Å². The number of fused-ring (bicyclic) bond motifs is 1. The van der Waals surface area contributed by atoms with Crippen molar-refractivity contribution < 1.29 is 8.78 Å². The predicted molar refractivity (Wildman–Crippen MR) is 116 cm³/mol. The van der Waals surface area contributed by atoms with Gasteiger partial charge in [-0.2, -0.15) is 0 Å². The van der Waals surface area contributed by atoms with Crippen molar-refractivity contribution in [2.75, 3.05) is 24.5 Å². The maximum Gasteiger partial charge on any atom is 0.167 e. The molecule has 1 aliphatic rings. The van der Waals surface area contributed by atoms with Crippen LogP contribution in [-0.4, -0.2) is 45.2 Å². The molecule has 31 heavy (non-hydrogen) atoms. The topological polar surface area (TPSA) is 58.9 Å². The minimum absolute atomic E-state index is 0.213. The molecule has 3 aromatic heterocycles. The second-order valence-electron chi connectivity index (χ2n) is 7.69. The van der Waals surface area contributed by atoms with Gasteiger partial charge in [0.25, 0.3) is 0 Å². The molecule has 0 amide bonds. The van der Waals surface area contributed by atoms with Gasteiger partial charge in [-0.25, -0.2) is 18.7 Å². The fraction of sp³-hybridized carbons (Fsp3) is 0.261. The van der Waals surface area contributed by atoms with Gasteiger partial charge >= 0.3 is 0 Å². The van der Waals surface area contributed by atoms with Crippen molar-refractivity contribution in [1.82, 2.24) is 24.8 Å². The lowest BCUT2D eigenvalue weighted by Gasteiger charge is -2.27. The number of rotatable bonds is 3. The van der Waals surface area contributed by atoms with Gasteiger partial charge < -0.3 is 10.2 Å². The molecule has 0 saturated carbocycles. The Morgan fingerprint density at radius 2 is 1.84 bits per heavy atom. The first-order chi connectivity index (χ1) is 15.1. The molecule has 1 aliphatic heterocycles. The summed E-state index contributed by atoms with van der Waals surface area (Å²) in [5.74, 6) is -0.0750. The van der Waals surface area contributed by atoms with E-state index in [1.54, 1.807) is 17.0 Å². The highest BCUT2D eigenvalue weighted by molar-refractivity contribution is 5.81. The highest BCUT2D eigenvalue weighted by atomic mass is 19.1. The highest BCUT2D eigenvalue weighted by Gasteiger charge is 2.22. The van der Waals surface area contributed by atoms with Crippen LogP contribution in [0.25, 0.3) is 28.2 Å². The molecule has 0 spiro atoms. The number of hydrogen-bond donors (Lipinski definition) is 1. The SMILES string of the molecule is CC1CCNCCN1c1ccc2nc(-c3ccc(F)cc3F)n(-c3ccncc3)c2n1. The molecule has 0 radical (unpaired) electrons. The molecule has 1 aromatic carbocycles. The monoisotopic (exact) mass is 420 g/mol. The normalized spacial score (nSPS) is 17.1. The molecule has 4 aromatic rings. The van der Waals surface area contributed by atoms with Gasteiger partial charge in [0.2, 0.25) is 0 Å². The summed E-state index contributed by atoms with van der Waals surface area (Å²) >= 11 is 0. The summed E-state index contributed by atoms with van der Waals surface area (Å²) in [5, 5.41) is 3.42. The maximum absolute atomic E-state index is 14.7. The summed E-state index contributed by atoms with van der Waals surface area (Å²) in [5.41, 5.74) is 2.23. The second kappa shape index (κ2) is 8.03. The Bertz CT molecular complexity index is 1220. The van der Waals surface area contributed by atoms with Gasteiger partial charge in [0, 0.05) is 37.6 Å². The van der Waals surface area contributed by atoms with Crippen molar-refractivity contribution in [3.05, 3.63) is 66.5 Å². The number of halogens is 2. The predicted octanol–water partition coefficient (Wildman–Crippen LogP) is 3.95. The number of benzene rings is 1. The van der Waals surface area contributed by atoms with E-state index in [4.69, 9.17) is 4.98 Å². The number of nitrogens with one attached hydrogen (secondary N) is 1. The van der Waals surface area contributed by atoms with Crippen molar-refractivity contribution in [3.8, 4) is 17.1 Å². The number of anilines is 1. The summed E-state index contributed by atoms with van der Waals surface area (Å²) in [6, 6.07) is 11.4. The summed E-state index contributed by atoms with van der Waals surface area (Å²) in [6.45, 7) is 4.91. The lowest BCUT2D eigenvalue weighted by molar-refractivity contribution is 0.584. The maximum atomic E-state index is 14.7. The molecule has 6 nitrogen and oxygen atoms in total. The van der Waals surface area contributed by atoms with Crippen molar-refractivity contribution >= 4 is 17.0 Å². The van der Waals surface area contributed by atoms with Crippen molar-refractivity contribution in [2.24, 2.45) is 0 Å². The molecule has 4 heterocycles. The Morgan fingerprint density at radius 3 is 2.65 bits per heavy atom. The first-order valence-electron chi connectivity index (χ1n) is 10.3. The second-order valence-corrected chi connectivity index (χ2v) is 7.69. The number of aromatic nitrogens is 4. The Balaban J connectivity index is 1.72. The largest absolute Gasteiger partial charge is 0.353 e. The van der Waals surface area contributed by atoms with Gasteiger partial charge in [-0.3, -0.25) is 9.55 Å². The zero-order chi connectivity index (χ0) is 21.4. The minimum Gasteiger partial charge on any atom is -0.353 e. The summed E-state index contributed by atoms with van der Waals surface area (Å²) in [6.07, 6.45) is 4.35. The van der Waals surface area contributed by atoms with E-state index in [1.807, 2.05) is 24.3 Å². The average molecular weight is 420 g/mol. The molecular formula is C23H22F2N6. The Kier molecular flexibility index (Phi) is 5.07. The molecule has 158 valence electrons. The third-order valence-electron chi connectivity index (χ3n) is 5.68. The van der Waals surface area contributed by atoms with Gasteiger partial charge in [-0.05, 0) is 56.3 Å². The smallest absolute Gasteiger partial charge is 0.167 e. The van der Waals surface area contributed by atoms with E-state index in [-0.39, 0.29) is 5.56 Å². The van der Waals surface area contributed by atoms with Crippen LogP contribution in [0.3, 0.4) is 0 Å². The Morgan fingerprint density at radius 1 is 1.00 bits per heavy atom. The molecule has 8 heteroatoms. The minimum atomic E-state index is -0.668. The van der Waals surface area contributed by atoms with Gasteiger partial charge in [0.15, 0.2) is 5.65 Å². The third-order valence-corrected chi connectivity index (χ3v) is 5.68. The molecule has 5 rings (SSSR count). The van der Waals surface area contributed by atoms with Crippen LogP contribution in [0.5, 0.6) is 0 Å². The van der Waals surface area contributed by atoms with Gasteiger partial charge in [0.05, 0.1) is 11.3 Å². The molecule has 1 fully saturated rings. The molecule has 1 unspecified atom stereocenters. The lowest BCUT2D eigenvalue weighted by Crippen LogP contribution is -2.34. The molecule has 1 N–H and O–H groups in total. The van der Waals surface area contributed by atoms with Crippen molar-refractivity contribution in [1.29, 1.82) is 0 Å². The lowest BCUT2D eigenvalue weighted by atomic mass is 10.2. The number of hydrogen-bond acceptors (Lipinski definition) is 5. The number of imidazole rings is 1. The molecule has 1 saturated heterocycles.